The fourth-order valence-corrected chi connectivity index (χ4v) is 2.82. The van der Waals surface area contributed by atoms with E-state index in [2.05, 4.69) is 20.8 Å². The normalized spacial score (nSPS) is 20.5. The summed E-state index contributed by atoms with van der Waals surface area (Å²) >= 11 is 0. The van der Waals surface area contributed by atoms with Gasteiger partial charge >= 0.3 is 5.97 Å². The molecule has 0 N–H and O–H groups in total. The molecule has 2 aliphatic heterocycles. The second-order valence-electron chi connectivity index (χ2n) is 5.79. The van der Waals surface area contributed by atoms with Gasteiger partial charge in [-0.3, -0.25) is 4.79 Å². The zero-order valence-corrected chi connectivity index (χ0v) is 11.1. The lowest BCUT2D eigenvalue weighted by atomic mass is 9.88. The van der Waals surface area contributed by atoms with E-state index >= 15 is 0 Å². The predicted octanol–water partition coefficient (Wildman–Crippen LogP) is 2.95. The highest BCUT2D eigenvalue weighted by atomic mass is 16.5. The van der Waals surface area contributed by atoms with E-state index in [9.17, 15) is 4.79 Å². The maximum absolute atomic E-state index is 11.4. The SMILES string of the molecule is Cc1c2c(cc3c1CCC(C)(C)O3)OC(=O)CC2. The first kappa shape index (κ1) is 11.6. The van der Waals surface area contributed by atoms with Crippen LogP contribution in [0, 0.1) is 6.92 Å². The van der Waals surface area contributed by atoms with Crippen LogP contribution in [0.5, 0.6) is 11.5 Å². The van der Waals surface area contributed by atoms with Crippen molar-refractivity contribution in [2.45, 2.75) is 52.1 Å². The Bertz CT molecular complexity index is 529. The van der Waals surface area contributed by atoms with Crippen molar-refractivity contribution >= 4 is 5.97 Å². The number of carbonyl (C=O) groups is 1. The molecular formula is C15H18O3. The van der Waals surface area contributed by atoms with Gasteiger partial charge in [0.25, 0.3) is 0 Å². The van der Waals surface area contributed by atoms with E-state index in [-0.39, 0.29) is 11.6 Å². The van der Waals surface area contributed by atoms with Crippen LogP contribution in [0.25, 0.3) is 0 Å². The molecule has 0 amide bonds. The summed E-state index contributed by atoms with van der Waals surface area (Å²) in [5, 5.41) is 0. The first-order valence-electron chi connectivity index (χ1n) is 6.51. The molecule has 3 nitrogen and oxygen atoms in total. The summed E-state index contributed by atoms with van der Waals surface area (Å²) in [6, 6.07) is 1.90. The van der Waals surface area contributed by atoms with E-state index in [0.29, 0.717) is 12.2 Å². The Hall–Kier alpha value is -1.51. The molecule has 0 aromatic heterocycles. The Labute approximate surface area is 107 Å². The molecule has 0 spiro atoms. The average Bonchev–Trinajstić information content (AvgIpc) is 2.27. The van der Waals surface area contributed by atoms with Gasteiger partial charge in [-0.25, -0.2) is 0 Å². The van der Waals surface area contributed by atoms with Crippen molar-refractivity contribution in [1.82, 2.24) is 0 Å². The molecule has 0 saturated carbocycles. The van der Waals surface area contributed by atoms with Crippen molar-refractivity contribution < 1.29 is 14.3 Å². The van der Waals surface area contributed by atoms with Gasteiger partial charge in [0, 0.05) is 6.07 Å². The van der Waals surface area contributed by atoms with E-state index in [4.69, 9.17) is 9.47 Å². The molecule has 0 fully saturated rings. The molecule has 2 aliphatic rings. The number of ether oxygens (including phenoxy) is 2. The van der Waals surface area contributed by atoms with Gasteiger partial charge in [0.05, 0.1) is 6.42 Å². The third kappa shape index (κ3) is 1.78. The number of hydrogen-bond acceptors (Lipinski definition) is 3. The Kier molecular flexibility index (Phi) is 2.40. The average molecular weight is 246 g/mol. The van der Waals surface area contributed by atoms with Gasteiger partial charge in [-0.2, -0.15) is 0 Å². The van der Waals surface area contributed by atoms with Crippen molar-refractivity contribution in [2.24, 2.45) is 0 Å². The van der Waals surface area contributed by atoms with Crippen molar-refractivity contribution in [3.05, 3.63) is 22.8 Å². The Morgan fingerprint density at radius 1 is 1.11 bits per heavy atom. The third-order valence-corrected chi connectivity index (χ3v) is 3.93. The molecule has 1 aromatic carbocycles. The standard InChI is InChI=1S/C15H18O3/c1-9-10-4-5-14(16)17-12(10)8-13-11(9)6-7-15(2,3)18-13/h8H,4-7H2,1-3H3. The maximum Gasteiger partial charge on any atom is 0.311 e. The van der Waals surface area contributed by atoms with Crippen LogP contribution >= 0.6 is 0 Å². The summed E-state index contributed by atoms with van der Waals surface area (Å²) in [5.41, 5.74) is 3.57. The number of benzene rings is 1. The molecule has 3 heteroatoms. The van der Waals surface area contributed by atoms with Crippen molar-refractivity contribution in [2.75, 3.05) is 0 Å². The third-order valence-electron chi connectivity index (χ3n) is 3.93. The van der Waals surface area contributed by atoms with Crippen molar-refractivity contribution in [3.63, 3.8) is 0 Å². The minimum atomic E-state index is -0.142. The van der Waals surface area contributed by atoms with E-state index < -0.39 is 0 Å². The lowest BCUT2D eigenvalue weighted by molar-refractivity contribution is -0.135. The minimum Gasteiger partial charge on any atom is -0.487 e. The molecule has 0 radical (unpaired) electrons. The Morgan fingerprint density at radius 3 is 2.61 bits per heavy atom. The molecule has 3 rings (SSSR count). The van der Waals surface area contributed by atoms with Crippen LogP contribution in [0.1, 0.15) is 43.4 Å². The van der Waals surface area contributed by atoms with Gasteiger partial charge in [-0.1, -0.05) is 0 Å². The first-order chi connectivity index (χ1) is 8.46. The summed E-state index contributed by atoms with van der Waals surface area (Å²) in [4.78, 5) is 11.4. The quantitative estimate of drug-likeness (QED) is 0.521. The summed E-state index contributed by atoms with van der Waals surface area (Å²) in [7, 11) is 0. The molecule has 1 aromatic rings. The fourth-order valence-electron chi connectivity index (χ4n) is 2.82. The van der Waals surface area contributed by atoms with E-state index in [1.54, 1.807) is 0 Å². The van der Waals surface area contributed by atoms with Crippen LogP contribution in [0.3, 0.4) is 0 Å². The highest BCUT2D eigenvalue weighted by molar-refractivity contribution is 5.76. The zero-order valence-electron chi connectivity index (χ0n) is 11.1. The zero-order chi connectivity index (χ0) is 12.9. The van der Waals surface area contributed by atoms with Gasteiger partial charge in [0.15, 0.2) is 0 Å². The number of fused-ring (bicyclic) bond motifs is 2. The number of rotatable bonds is 0. The van der Waals surface area contributed by atoms with Crippen LogP contribution in [0.2, 0.25) is 0 Å². The molecule has 0 unspecified atom stereocenters. The van der Waals surface area contributed by atoms with Gasteiger partial charge in [-0.05, 0) is 56.7 Å². The van der Waals surface area contributed by atoms with Crippen molar-refractivity contribution in [1.29, 1.82) is 0 Å². The van der Waals surface area contributed by atoms with Crippen LogP contribution in [-0.2, 0) is 17.6 Å². The smallest absolute Gasteiger partial charge is 0.311 e. The van der Waals surface area contributed by atoms with Gasteiger partial charge in [0.1, 0.15) is 17.1 Å². The highest BCUT2D eigenvalue weighted by Crippen LogP contribution is 2.41. The Balaban J connectivity index is 2.11. The van der Waals surface area contributed by atoms with E-state index in [1.807, 2.05) is 6.07 Å². The first-order valence-corrected chi connectivity index (χ1v) is 6.51. The second kappa shape index (κ2) is 3.74. The molecule has 0 atom stereocenters. The second-order valence-corrected chi connectivity index (χ2v) is 5.79. The lowest BCUT2D eigenvalue weighted by Crippen LogP contribution is -2.33. The number of esters is 1. The van der Waals surface area contributed by atoms with Gasteiger partial charge in [-0.15, -0.1) is 0 Å². The molecule has 2 heterocycles. The van der Waals surface area contributed by atoms with Crippen molar-refractivity contribution in [3.8, 4) is 11.5 Å². The minimum absolute atomic E-state index is 0.133. The lowest BCUT2D eigenvalue weighted by Gasteiger charge is -2.34. The van der Waals surface area contributed by atoms with E-state index in [1.165, 1.54) is 16.7 Å². The molecule has 0 aliphatic carbocycles. The molecule has 96 valence electrons. The summed E-state index contributed by atoms with van der Waals surface area (Å²) in [6.45, 7) is 6.30. The van der Waals surface area contributed by atoms with Crippen LogP contribution in [0.4, 0.5) is 0 Å². The number of carbonyl (C=O) groups excluding carboxylic acids is 1. The van der Waals surface area contributed by atoms with E-state index in [0.717, 1.165) is 25.0 Å². The summed E-state index contributed by atoms with van der Waals surface area (Å²) < 4.78 is 11.3. The molecule has 18 heavy (non-hydrogen) atoms. The van der Waals surface area contributed by atoms with Crippen LogP contribution in [0.15, 0.2) is 6.07 Å². The molecule has 0 saturated heterocycles. The highest BCUT2D eigenvalue weighted by Gasteiger charge is 2.31. The van der Waals surface area contributed by atoms with Crippen LogP contribution in [-0.4, -0.2) is 11.6 Å². The predicted molar refractivity (Wildman–Crippen MR) is 68.2 cm³/mol. The van der Waals surface area contributed by atoms with Crippen LogP contribution < -0.4 is 9.47 Å². The maximum atomic E-state index is 11.4. The summed E-state index contributed by atoms with van der Waals surface area (Å²) in [5.74, 6) is 1.44. The monoisotopic (exact) mass is 246 g/mol. The topological polar surface area (TPSA) is 35.5 Å². The molecular weight excluding hydrogens is 228 g/mol. The molecule has 0 bridgehead atoms. The van der Waals surface area contributed by atoms with Gasteiger partial charge in [0.2, 0.25) is 0 Å². The fraction of sp³-hybridized carbons (Fsp3) is 0.533. The largest absolute Gasteiger partial charge is 0.487 e. The Morgan fingerprint density at radius 2 is 1.83 bits per heavy atom. The number of hydrogen-bond donors (Lipinski definition) is 0. The van der Waals surface area contributed by atoms with Gasteiger partial charge < -0.3 is 9.47 Å². The summed E-state index contributed by atoms with van der Waals surface area (Å²) in [6.07, 6.45) is 3.34.